The summed E-state index contributed by atoms with van der Waals surface area (Å²) in [6, 6.07) is 8.20. The van der Waals surface area contributed by atoms with E-state index < -0.39 is 0 Å². The van der Waals surface area contributed by atoms with Gasteiger partial charge in [-0.15, -0.1) is 11.3 Å². The molecule has 0 saturated heterocycles. The minimum Gasteiger partial charge on any atom is -0.385 e. The van der Waals surface area contributed by atoms with Gasteiger partial charge in [-0.1, -0.05) is 18.6 Å². The van der Waals surface area contributed by atoms with Gasteiger partial charge in [0.1, 0.15) is 5.82 Å². The summed E-state index contributed by atoms with van der Waals surface area (Å²) in [5.74, 6) is -0.218. The van der Waals surface area contributed by atoms with Crippen LogP contribution in [0, 0.1) is 11.7 Å². The second-order valence-electron chi connectivity index (χ2n) is 8.32. The molecule has 1 aromatic carbocycles. The summed E-state index contributed by atoms with van der Waals surface area (Å²) >= 11 is 1.70. The van der Waals surface area contributed by atoms with E-state index in [9.17, 15) is 14.0 Å². The van der Waals surface area contributed by atoms with Gasteiger partial charge in [0, 0.05) is 37.6 Å². The van der Waals surface area contributed by atoms with Crippen molar-refractivity contribution < 1.29 is 18.7 Å². The van der Waals surface area contributed by atoms with E-state index in [4.69, 9.17) is 4.74 Å². The van der Waals surface area contributed by atoms with E-state index in [1.54, 1.807) is 35.5 Å². The largest absolute Gasteiger partial charge is 0.385 e. The van der Waals surface area contributed by atoms with Crippen molar-refractivity contribution in [2.24, 2.45) is 5.92 Å². The summed E-state index contributed by atoms with van der Waals surface area (Å²) in [5, 5.41) is 2.05. The van der Waals surface area contributed by atoms with Crippen LogP contribution in [0.15, 0.2) is 35.7 Å². The lowest BCUT2D eigenvalue weighted by atomic mass is 9.84. The van der Waals surface area contributed by atoms with E-state index in [-0.39, 0.29) is 36.1 Å². The van der Waals surface area contributed by atoms with Gasteiger partial charge in [-0.05, 0) is 60.4 Å². The third-order valence-electron chi connectivity index (χ3n) is 6.34. The van der Waals surface area contributed by atoms with Gasteiger partial charge in [0.15, 0.2) is 0 Å². The first-order valence-electron chi connectivity index (χ1n) is 11.0. The predicted molar refractivity (Wildman–Crippen MR) is 118 cm³/mol. The molecule has 1 aliphatic carbocycles. The van der Waals surface area contributed by atoms with Gasteiger partial charge in [-0.3, -0.25) is 9.59 Å². The minimum atomic E-state index is -0.293. The van der Waals surface area contributed by atoms with Crippen LogP contribution in [0.3, 0.4) is 0 Å². The topological polar surface area (TPSA) is 49.9 Å². The number of benzene rings is 1. The van der Waals surface area contributed by atoms with Crippen molar-refractivity contribution in [1.82, 2.24) is 9.80 Å². The number of rotatable bonds is 8. The maximum Gasteiger partial charge on any atom is 0.242 e. The smallest absolute Gasteiger partial charge is 0.242 e. The fourth-order valence-corrected chi connectivity index (χ4v) is 5.33. The Balaban J connectivity index is 1.55. The number of hydrogen-bond acceptors (Lipinski definition) is 4. The molecule has 2 heterocycles. The average molecular weight is 445 g/mol. The second-order valence-corrected chi connectivity index (χ2v) is 9.32. The van der Waals surface area contributed by atoms with Crippen molar-refractivity contribution in [3.05, 3.63) is 57.5 Å². The van der Waals surface area contributed by atoms with Crippen molar-refractivity contribution >= 4 is 23.2 Å². The highest BCUT2D eigenvalue weighted by atomic mass is 32.1. The van der Waals surface area contributed by atoms with Gasteiger partial charge in [0.2, 0.25) is 11.8 Å². The Hall–Kier alpha value is -2.25. The summed E-state index contributed by atoms with van der Waals surface area (Å²) in [6.45, 7) is 1.75. The molecule has 2 amide bonds. The number of nitrogens with zero attached hydrogens (tertiary/aromatic N) is 2. The number of carbonyl (C=O) groups is 2. The zero-order valence-corrected chi connectivity index (χ0v) is 18.7. The molecule has 0 N–H and O–H groups in total. The lowest BCUT2D eigenvalue weighted by Crippen LogP contribution is -2.49. The molecule has 166 valence electrons. The Labute approximate surface area is 186 Å². The third-order valence-corrected chi connectivity index (χ3v) is 7.34. The lowest BCUT2D eigenvalue weighted by Gasteiger charge is -2.38. The van der Waals surface area contributed by atoms with E-state index in [1.165, 1.54) is 17.0 Å². The van der Waals surface area contributed by atoms with Gasteiger partial charge in [0.05, 0.1) is 12.6 Å². The van der Waals surface area contributed by atoms with Crippen LogP contribution in [-0.2, 0) is 20.7 Å². The monoisotopic (exact) mass is 444 g/mol. The first-order chi connectivity index (χ1) is 15.1. The molecule has 4 rings (SSSR count). The van der Waals surface area contributed by atoms with E-state index in [1.807, 2.05) is 10.3 Å². The number of methoxy groups -OCH3 is 1. The molecular formula is C24H29FN2O3S. The van der Waals surface area contributed by atoms with Gasteiger partial charge in [-0.2, -0.15) is 0 Å². The molecular weight excluding hydrogens is 415 g/mol. The molecule has 5 nitrogen and oxygen atoms in total. The van der Waals surface area contributed by atoms with Crippen LogP contribution in [0.25, 0.3) is 0 Å². The molecule has 7 heteroatoms. The number of fused-ring (bicyclic) bond motifs is 1. The molecule has 1 saturated carbocycles. The predicted octanol–water partition coefficient (Wildman–Crippen LogP) is 4.03. The normalized spacial score (nSPS) is 18.4. The van der Waals surface area contributed by atoms with Crippen molar-refractivity contribution in [2.45, 2.75) is 38.1 Å². The molecule has 0 bridgehead atoms. The Kier molecular flexibility index (Phi) is 7.02. The highest BCUT2D eigenvalue weighted by molar-refractivity contribution is 7.10. The Bertz CT molecular complexity index is 910. The quantitative estimate of drug-likeness (QED) is 0.578. The number of ether oxygens (including phenoxy) is 1. The highest BCUT2D eigenvalue weighted by Gasteiger charge is 2.35. The number of amides is 2. The van der Waals surface area contributed by atoms with Crippen LogP contribution < -0.4 is 0 Å². The lowest BCUT2D eigenvalue weighted by molar-refractivity contribution is -0.145. The molecule has 31 heavy (non-hydrogen) atoms. The van der Waals surface area contributed by atoms with Crippen LogP contribution >= 0.6 is 11.3 Å². The maximum atomic E-state index is 13.5. The second kappa shape index (κ2) is 9.92. The molecule has 1 fully saturated rings. The molecule has 2 aliphatic rings. The van der Waals surface area contributed by atoms with Gasteiger partial charge in [0.25, 0.3) is 0 Å². The first-order valence-corrected chi connectivity index (χ1v) is 11.9. The molecule has 1 aromatic heterocycles. The summed E-state index contributed by atoms with van der Waals surface area (Å²) in [7, 11) is 1.64. The van der Waals surface area contributed by atoms with Crippen molar-refractivity contribution in [2.75, 3.05) is 33.4 Å². The Morgan fingerprint density at radius 1 is 1.23 bits per heavy atom. The third kappa shape index (κ3) is 4.83. The summed E-state index contributed by atoms with van der Waals surface area (Å²) in [6.07, 6.45) is 4.41. The Morgan fingerprint density at radius 3 is 2.68 bits per heavy atom. The van der Waals surface area contributed by atoms with Crippen molar-refractivity contribution in [1.29, 1.82) is 0 Å². The van der Waals surface area contributed by atoms with Crippen LogP contribution in [0.4, 0.5) is 4.39 Å². The molecule has 0 unspecified atom stereocenters. The molecule has 0 spiro atoms. The number of thiophene rings is 1. The van der Waals surface area contributed by atoms with E-state index in [2.05, 4.69) is 6.07 Å². The van der Waals surface area contributed by atoms with Crippen LogP contribution in [-0.4, -0.2) is 55.0 Å². The van der Waals surface area contributed by atoms with Gasteiger partial charge >= 0.3 is 0 Å². The average Bonchev–Trinajstić information content (AvgIpc) is 3.20. The highest BCUT2D eigenvalue weighted by Crippen LogP contribution is 2.38. The first kappa shape index (κ1) is 22.0. The maximum absolute atomic E-state index is 13.5. The molecule has 1 atom stereocenters. The standard InChI is InChI=1S/C24H29FN2O3S/c1-30-14-3-12-26(24(29)18-4-2-5-18)16-22(28)27-13-10-21-20(11-15-31-21)23(27)17-6-8-19(25)9-7-17/h6-9,11,15,18,23H,2-5,10,12-14,16H2,1H3/t23-/m0/s1. The fraction of sp³-hybridized carbons (Fsp3) is 0.500. The molecule has 1 aliphatic heterocycles. The van der Waals surface area contributed by atoms with Crippen LogP contribution in [0.1, 0.15) is 47.7 Å². The zero-order valence-electron chi connectivity index (χ0n) is 17.9. The number of halogens is 1. The van der Waals surface area contributed by atoms with Crippen LogP contribution in [0.2, 0.25) is 0 Å². The molecule has 0 radical (unpaired) electrons. The van der Waals surface area contributed by atoms with Gasteiger partial charge < -0.3 is 14.5 Å². The SMILES string of the molecule is COCCCN(CC(=O)N1CCc2sccc2[C@@H]1c1ccc(F)cc1)C(=O)C1CCC1. The number of carbonyl (C=O) groups excluding carboxylic acids is 2. The molecule has 2 aromatic rings. The summed E-state index contributed by atoms with van der Waals surface area (Å²) in [5.41, 5.74) is 2.00. The van der Waals surface area contributed by atoms with Crippen molar-refractivity contribution in [3.63, 3.8) is 0 Å². The fourth-order valence-electron chi connectivity index (χ4n) is 4.42. The summed E-state index contributed by atoms with van der Waals surface area (Å²) in [4.78, 5) is 31.3. The van der Waals surface area contributed by atoms with E-state index >= 15 is 0 Å². The Morgan fingerprint density at radius 2 is 2.00 bits per heavy atom. The zero-order chi connectivity index (χ0) is 21.8. The van der Waals surface area contributed by atoms with Gasteiger partial charge in [-0.25, -0.2) is 4.39 Å². The van der Waals surface area contributed by atoms with Crippen molar-refractivity contribution in [3.8, 4) is 0 Å². The van der Waals surface area contributed by atoms with Crippen LogP contribution in [0.5, 0.6) is 0 Å². The minimum absolute atomic E-state index is 0.0491. The van der Waals surface area contributed by atoms with E-state index in [0.29, 0.717) is 26.1 Å². The van der Waals surface area contributed by atoms with E-state index in [0.717, 1.165) is 36.8 Å². The summed E-state index contributed by atoms with van der Waals surface area (Å²) < 4.78 is 18.7. The number of hydrogen-bond donors (Lipinski definition) is 0.